The van der Waals surface area contributed by atoms with Gasteiger partial charge < -0.3 is 10.1 Å². The van der Waals surface area contributed by atoms with E-state index in [1.54, 1.807) is 38.2 Å². The number of hydrogen-bond donors (Lipinski definition) is 1. The Hall–Kier alpha value is -2.18. The van der Waals surface area contributed by atoms with Crippen LogP contribution < -0.4 is 10.1 Å². The number of alkyl halides is 3. The third kappa shape index (κ3) is 2.87. The van der Waals surface area contributed by atoms with E-state index in [1.807, 2.05) is 0 Å². The summed E-state index contributed by atoms with van der Waals surface area (Å²) in [5.74, 6) is 0.0667. The molecule has 1 aromatic carbocycles. The predicted molar refractivity (Wildman–Crippen MR) is 69.3 cm³/mol. The van der Waals surface area contributed by atoms with Crippen molar-refractivity contribution in [3.8, 4) is 11.6 Å². The molecule has 0 spiro atoms. The average molecular weight is 285 g/mol. The van der Waals surface area contributed by atoms with Gasteiger partial charge in [0.25, 0.3) is 0 Å². The summed E-state index contributed by atoms with van der Waals surface area (Å²) in [7, 11) is 1.76. The van der Waals surface area contributed by atoms with Gasteiger partial charge in [-0.25, -0.2) is 4.68 Å². The van der Waals surface area contributed by atoms with E-state index >= 15 is 0 Å². The lowest BCUT2D eigenvalue weighted by Crippen LogP contribution is -2.07. The number of rotatable bonds is 4. The van der Waals surface area contributed by atoms with Crippen LogP contribution >= 0.6 is 0 Å². The maximum absolute atomic E-state index is 12.7. The van der Waals surface area contributed by atoms with Crippen molar-refractivity contribution in [3.05, 3.63) is 36.0 Å². The van der Waals surface area contributed by atoms with Gasteiger partial charge in [-0.2, -0.15) is 18.3 Å². The molecule has 4 nitrogen and oxygen atoms in total. The van der Waals surface area contributed by atoms with Crippen LogP contribution in [0.4, 0.5) is 18.9 Å². The van der Waals surface area contributed by atoms with Crippen molar-refractivity contribution in [3.63, 3.8) is 0 Å². The smallest absolute Gasteiger partial charge is 0.435 e. The number of aromatic nitrogens is 2. The van der Waals surface area contributed by atoms with Crippen LogP contribution in [0.5, 0.6) is 5.88 Å². The van der Waals surface area contributed by atoms with Crippen molar-refractivity contribution >= 4 is 5.69 Å². The zero-order valence-electron chi connectivity index (χ0n) is 11.0. The van der Waals surface area contributed by atoms with E-state index in [0.717, 1.165) is 16.4 Å². The molecule has 1 heterocycles. The first-order chi connectivity index (χ1) is 9.45. The Bertz CT molecular complexity index is 576. The molecule has 0 radical (unpaired) electrons. The summed E-state index contributed by atoms with van der Waals surface area (Å²) < 4.78 is 44.5. The van der Waals surface area contributed by atoms with Gasteiger partial charge in [0.15, 0.2) is 5.69 Å². The van der Waals surface area contributed by atoms with Gasteiger partial charge in [0.05, 0.1) is 12.3 Å². The summed E-state index contributed by atoms with van der Waals surface area (Å²) in [6, 6.07) is 7.73. The summed E-state index contributed by atoms with van der Waals surface area (Å²) in [5.41, 5.74) is 0.386. The molecule has 1 N–H and O–H groups in total. The fraction of sp³-hybridized carbons (Fsp3) is 0.308. The normalized spacial score (nSPS) is 11.4. The van der Waals surface area contributed by atoms with Crippen LogP contribution in [0.3, 0.4) is 0 Å². The van der Waals surface area contributed by atoms with Crippen LogP contribution in [0.2, 0.25) is 0 Å². The molecule has 0 saturated carbocycles. The fourth-order valence-corrected chi connectivity index (χ4v) is 1.71. The van der Waals surface area contributed by atoms with Crippen molar-refractivity contribution < 1.29 is 17.9 Å². The average Bonchev–Trinajstić information content (AvgIpc) is 2.83. The lowest BCUT2D eigenvalue weighted by Gasteiger charge is -2.08. The first-order valence-electron chi connectivity index (χ1n) is 6.04. The first kappa shape index (κ1) is 14.2. The van der Waals surface area contributed by atoms with Crippen LogP contribution in [0.15, 0.2) is 30.3 Å². The summed E-state index contributed by atoms with van der Waals surface area (Å²) in [5, 5.41) is 6.51. The highest BCUT2D eigenvalue weighted by Crippen LogP contribution is 2.32. The van der Waals surface area contributed by atoms with Crippen LogP contribution in [-0.2, 0) is 6.18 Å². The quantitative estimate of drug-likeness (QED) is 0.936. The number of halogens is 3. The maximum Gasteiger partial charge on any atom is 0.435 e. The van der Waals surface area contributed by atoms with E-state index < -0.39 is 11.9 Å². The van der Waals surface area contributed by atoms with E-state index in [9.17, 15) is 13.2 Å². The van der Waals surface area contributed by atoms with Gasteiger partial charge >= 0.3 is 6.18 Å². The van der Waals surface area contributed by atoms with E-state index in [0.29, 0.717) is 5.69 Å². The molecule has 0 unspecified atom stereocenters. The summed E-state index contributed by atoms with van der Waals surface area (Å²) in [4.78, 5) is 0. The SMILES string of the molecule is CCOc1cc(C(F)(F)F)nn1-c1ccc(NC)cc1. The van der Waals surface area contributed by atoms with Crippen LogP contribution in [0.1, 0.15) is 12.6 Å². The monoisotopic (exact) mass is 285 g/mol. The number of nitrogens with zero attached hydrogens (tertiary/aromatic N) is 2. The Morgan fingerprint density at radius 3 is 2.40 bits per heavy atom. The van der Waals surface area contributed by atoms with Crippen molar-refractivity contribution in [1.82, 2.24) is 9.78 Å². The Morgan fingerprint density at radius 1 is 1.25 bits per heavy atom. The second-order valence-electron chi connectivity index (χ2n) is 4.01. The Kier molecular flexibility index (Phi) is 3.87. The lowest BCUT2D eigenvalue weighted by molar-refractivity contribution is -0.141. The Morgan fingerprint density at radius 2 is 1.90 bits per heavy atom. The Balaban J connectivity index is 2.44. The van der Waals surface area contributed by atoms with Gasteiger partial charge in [-0.3, -0.25) is 0 Å². The minimum absolute atomic E-state index is 0.0667. The Labute approximate surface area is 114 Å². The molecule has 2 aromatic rings. The number of nitrogens with one attached hydrogen (secondary N) is 1. The highest BCUT2D eigenvalue weighted by molar-refractivity contribution is 5.49. The molecule has 0 bridgehead atoms. The summed E-state index contributed by atoms with van der Waals surface area (Å²) in [6.07, 6.45) is -4.50. The highest BCUT2D eigenvalue weighted by Gasteiger charge is 2.35. The van der Waals surface area contributed by atoms with Crippen molar-refractivity contribution in [1.29, 1.82) is 0 Å². The molecule has 0 aliphatic heterocycles. The van der Waals surface area contributed by atoms with E-state index in [2.05, 4.69) is 10.4 Å². The molecule has 0 amide bonds. The van der Waals surface area contributed by atoms with Crippen LogP contribution in [0, 0.1) is 0 Å². The molecule has 1 aromatic heterocycles. The third-order valence-corrected chi connectivity index (χ3v) is 2.66. The van der Waals surface area contributed by atoms with Crippen LogP contribution in [-0.4, -0.2) is 23.4 Å². The number of anilines is 1. The molecule has 108 valence electrons. The van der Waals surface area contributed by atoms with E-state index in [-0.39, 0.29) is 12.5 Å². The maximum atomic E-state index is 12.7. The molecular weight excluding hydrogens is 271 g/mol. The minimum Gasteiger partial charge on any atom is -0.478 e. The summed E-state index contributed by atoms with van der Waals surface area (Å²) >= 11 is 0. The molecule has 0 fully saturated rings. The predicted octanol–water partition coefficient (Wildman–Crippen LogP) is 3.33. The molecule has 0 saturated heterocycles. The van der Waals surface area contributed by atoms with E-state index in [1.165, 1.54) is 0 Å². The highest BCUT2D eigenvalue weighted by atomic mass is 19.4. The molecule has 20 heavy (non-hydrogen) atoms. The second kappa shape index (κ2) is 5.44. The van der Waals surface area contributed by atoms with Gasteiger partial charge in [0.2, 0.25) is 5.88 Å². The zero-order valence-corrected chi connectivity index (χ0v) is 11.0. The standard InChI is InChI=1S/C13H14F3N3O/c1-3-20-12-8-11(13(14,15)16)18-19(12)10-6-4-9(17-2)5-7-10/h4-8,17H,3H2,1-2H3. The van der Waals surface area contributed by atoms with Gasteiger partial charge in [-0.15, -0.1) is 0 Å². The minimum atomic E-state index is -4.50. The number of hydrogen-bond acceptors (Lipinski definition) is 3. The van der Waals surface area contributed by atoms with Gasteiger partial charge in [-0.1, -0.05) is 0 Å². The second-order valence-corrected chi connectivity index (χ2v) is 4.01. The number of benzene rings is 1. The zero-order chi connectivity index (χ0) is 14.8. The van der Waals surface area contributed by atoms with Gasteiger partial charge in [0, 0.05) is 18.8 Å². The van der Waals surface area contributed by atoms with Crippen molar-refractivity contribution in [2.45, 2.75) is 13.1 Å². The topological polar surface area (TPSA) is 39.1 Å². The first-order valence-corrected chi connectivity index (χ1v) is 6.04. The van der Waals surface area contributed by atoms with Crippen molar-refractivity contribution in [2.24, 2.45) is 0 Å². The third-order valence-electron chi connectivity index (χ3n) is 2.66. The lowest BCUT2D eigenvalue weighted by atomic mass is 10.3. The molecule has 0 atom stereocenters. The van der Waals surface area contributed by atoms with Gasteiger partial charge in [0.1, 0.15) is 0 Å². The van der Waals surface area contributed by atoms with Crippen molar-refractivity contribution in [2.75, 3.05) is 19.0 Å². The fourth-order valence-electron chi connectivity index (χ4n) is 1.71. The molecule has 0 aliphatic rings. The van der Waals surface area contributed by atoms with E-state index in [4.69, 9.17) is 4.74 Å². The van der Waals surface area contributed by atoms with Crippen LogP contribution in [0.25, 0.3) is 5.69 Å². The largest absolute Gasteiger partial charge is 0.478 e. The molecule has 0 aliphatic carbocycles. The molecule has 2 rings (SSSR count). The molecule has 7 heteroatoms. The summed E-state index contributed by atoms with van der Waals surface area (Å²) in [6.45, 7) is 1.96. The molecular formula is C13H14F3N3O. The van der Waals surface area contributed by atoms with Gasteiger partial charge in [-0.05, 0) is 31.2 Å². The number of ether oxygens (including phenoxy) is 1.